The largest absolute Gasteiger partial charge is 0.255 e. The molecular formula is C9H13N3. The molecule has 0 radical (unpaired) electrons. The predicted molar refractivity (Wildman–Crippen MR) is 46.6 cm³/mol. The van der Waals surface area contributed by atoms with Gasteiger partial charge in [0.15, 0.2) is 0 Å². The molecule has 0 saturated carbocycles. The summed E-state index contributed by atoms with van der Waals surface area (Å²) < 4.78 is 1.69. The van der Waals surface area contributed by atoms with Crippen LogP contribution in [0.2, 0.25) is 0 Å². The van der Waals surface area contributed by atoms with Crippen molar-refractivity contribution in [1.82, 2.24) is 9.78 Å². The number of aromatic nitrogens is 2. The molecule has 3 heteroatoms. The highest BCUT2D eigenvalue weighted by Gasteiger charge is 2.06. The minimum atomic E-state index is -0.169. The molecule has 0 saturated heterocycles. The first-order valence-electron chi connectivity index (χ1n) is 4.08. The molecule has 12 heavy (non-hydrogen) atoms. The van der Waals surface area contributed by atoms with Crippen molar-refractivity contribution < 1.29 is 0 Å². The van der Waals surface area contributed by atoms with Crippen molar-refractivity contribution in [3.05, 3.63) is 18.0 Å². The quantitative estimate of drug-likeness (QED) is 0.669. The van der Waals surface area contributed by atoms with Crippen LogP contribution in [0.25, 0.3) is 0 Å². The Morgan fingerprint density at radius 1 is 1.50 bits per heavy atom. The van der Waals surface area contributed by atoms with Crippen molar-refractivity contribution in [3.63, 3.8) is 0 Å². The molecule has 0 spiro atoms. The Hall–Kier alpha value is -1.30. The van der Waals surface area contributed by atoms with Crippen LogP contribution in [0.3, 0.4) is 0 Å². The molecule has 1 atom stereocenters. The fraction of sp³-hybridized carbons (Fsp3) is 0.556. The maximum atomic E-state index is 8.63. The van der Waals surface area contributed by atoms with E-state index in [2.05, 4.69) is 25.0 Å². The second-order valence-electron chi connectivity index (χ2n) is 3.21. The number of nitriles is 1. The van der Waals surface area contributed by atoms with Gasteiger partial charge in [-0.3, -0.25) is 4.68 Å². The number of hydrogen-bond acceptors (Lipinski definition) is 2. The van der Waals surface area contributed by atoms with E-state index >= 15 is 0 Å². The highest BCUT2D eigenvalue weighted by molar-refractivity contribution is 5.10. The molecule has 0 aliphatic carbocycles. The third-order valence-corrected chi connectivity index (χ3v) is 1.87. The van der Waals surface area contributed by atoms with E-state index in [4.69, 9.17) is 5.26 Å². The average molecular weight is 163 g/mol. The Bertz CT molecular complexity index is 293. The van der Waals surface area contributed by atoms with Gasteiger partial charge in [0.25, 0.3) is 0 Å². The van der Waals surface area contributed by atoms with Crippen molar-refractivity contribution in [2.75, 3.05) is 0 Å². The summed E-state index contributed by atoms with van der Waals surface area (Å²) in [5, 5.41) is 12.7. The highest BCUT2D eigenvalue weighted by Crippen LogP contribution is 2.14. The summed E-state index contributed by atoms with van der Waals surface area (Å²) >= 11 is 0. The van der Waals surface area contributed by atoms with Crippen LogP contribution in [0.1, 0.15) is 38.3 Å². The van der Waals surface area contributed by atoms with Gasteiger partial charge >= 0.3 is 0 Å². The molecule has 0 bridgehead atoms. The van der Waals surface area contributed by atoms with Crippen molar-refractivity contribution in [1.29, 1.82) is 5.26 Å². The molecule has 3 nitrogen and oxygen atoms in total. The summed E-state index contributed by atoms with van der Waals surface area (Å²) in [7, 11) is 0. The monoisotopic (exact) mass is 163 g/mol. The minimum Gasteiger partial charge on any atom is -0.255 e. The molecular weight excluding hydrogens is 150 g/mol. The van der Waals surface area contributed by atoms with Crippen LogP contribution in [0.5, 0.6) is 0 Å². The second-order valence-corrected chi connectivity index (χ2v) is 3.21. The molecule has 1 heterocycles. The SMILES string of the molecule is CC(C)c1cnn([C@H](C)C#N)c1. The molecule has 0 aromatic carbocycles. The van der Waals surface area contributed by atoms with Crippen LogP contribution in [-0.2, 0) is 0 Å². The summed E-state index contributed by atoms with van der Waals surface area (Å²) in [6, 6.07) is 1.96. The van der Waals surface area contributed by atoms with Gasteiger partial charge in [0.1, 0.15) is 6.04 Å². The van der Waals surface area contributed by atoms with Gasteiger partial charge in [0.2, 0.25) is 0 Å². The zero-order valence-corrected chi connectivity index (χ0v) is 7.65. The zero-order valence-electron chi connectivity index (χ0n) is 7.65. The van der Waals surface area contributed by atoms with Gasteiger partial charge in [-0.15, -0.1) is 0 Å². The van der Waals surface area contributed by atoms with Gasteiger partial charge in [-0.2, -0.15) is 10.4 Å². The van der Waals surface area contributed by atoms with Crippen molar-refractivity contribution in [3.8, 4) is 6.07 Å². The van der Waals surface area contributed by atoms with E-state index in [1.165, 1.54) is 5.56 Å². The van der Waals surface area contributed by atoms with Gasteiger partial charge in [-0.25, -0.2) is 0 Å². The number of nitrogens with zero attached hydrogens (tertiary/aromatic N) is 3. The molecule has 0 aliphatic rings. The summed E-state index contributed by atoms with van der Waals surface area (Å²) in [5.74, 6) is 0.477. The fourth-order valence-electron chi connectivity index (χ4n) is 0.922. The molecule has 0 aliphatic heterocycles. The van der Waals surface area contributed by atoms with Crippen LogP contribution >= 0.6 is 0 Å². The van der Waals surface area contributed by atoms with Crippen LogP contribution in [-0.4, -0.2) is 9.78 Å². The lowest BCUT2D eigenvalue weighted by atomic mass is 10.1. The Kier molecular flexibility index (Phi) is 2.49. The standard InChI is InChI=1S/C9H13N3/c1-7(2)9-5-11-12(6-9)8(3)4-10/h5-8H,1-3H3/t8-/m1/s1. The maximum Gasteiger partial charge on any atom is 0.135 e. The second kappa shape index (κ2) is 3.40. The smallest absolute Gasteiger partial charge is 0.135 e. The normalized spacial score (nSPS) is 12.9. The van der Waals surface area contributed by atoms with Gasteiger partial charge in [0, 0.05) is 6.20 Å². The van der Waals surface area contributed by atoms with E-state index in [0.717, 1.165) is 0 Å². The number of hydrogen-bond donors (Lipinski definition) is 0. The van der Waals surface area contributed by atoms with E-state index in [9.17, 15) is 0 Å². The highest BCUT2D eigenvalue weighted by atomic mass is 15.3. The fourth-order valence-corrected chi connectivity index (χ4v) is 0.922. The molecule has 0 amide bonds. The van der Waals surface area contributed by atoms with Crippen LogP contribution in [0, 0.1) is 11.3 Å². The summed E-state index contributed by atoms with van der Waals surface area (Å²) in [6.45, 7) is 6.05. The van der Waals surface area contributed by atoms with Crippen molar-refractivity contribution in [2.24, 2.45) is 0 Å². The van der Waals surface area contributed by atoms with E-state index in [-0.39, 0.29) is 6.04 Å². The maximum absolute atomic E-state index is 8.63. The average Bonchev–Trinajstić information content (AvgIpc) is 2.51. The lowest BCUT2D eigenvalue weighted by molar-refractivity contribution is 0.590. The summed E-state index contributed by atoms with van der Waals surface area (Å²) in [4.78, 5) is 0. The van der Waals surface area contributed by atoms with E-state index in [1.54, 1.807) is 4.68 Å². The minimum absolute atomic E-state index is 0.169. The van der Waals surface area contributed by atoms with Crippen LogP contribution < -0.4 is 0 Å². The van der Waals surface area contributed by atoms with E-state index < -0.39 is 0 Å². The summed E-state index contributed by atoms with van der Waals surface area (Å²) in [6.07, 6.45) is 3.75. The molecule has 1 aromatic heterocycles. The molecule has 0 unspecified atom stereocenters. The lowest BCUT2D eigenvalue weighted by Crippen LogP contribution is -2.02. The Labute approximate surface area is 72.6 Å². The Morgan fingerprint density at radius 2 is 2.17 bits per heavy atom. The molecule has 0 N–H and O–H groups in total. The molecule has 64 valence electrons. The third-order valence-electron chi connectivity index (χ3n) is 1.87. The third kappa shape index (κ3) is 1.65. The van der Waals surface area contributed by atoms with Gasteiger partial charge in [-0.05, 0) is 18.4 Å². The van der Waals surface area contributed by atoms with Crippen LogP contribution in [0.15, 0.2) is 12.4 Å². The molecule has 1 aromatic rings. The van der Waals surface area contributed by atoms with E-state index in [0.29, 0.717) is 5.92 Å². The number of rotatable bonds is 2. The first-order valence-corrected chi connectivity index (χ1v) is 4.08. The Morgan fingerprint density at radius 3 is 2.58 bits per heavy atom. The topological polar surface area (TPSA) is 41.6 Å². The van der Waals surface area contributed by atoms with Crippen LogP contribution in [0.4, 0.5) is 0 Å². The van der Waals surface area contributed by atoms with E-state index in [1.807, 2.05) is 19.3 Å². The Balaban J connectivity index is 2.86. The zero-order chi connectivity index (χ0) is 9.14. The van der Waals surface area contributed by atoms with Gasteiger partial charge in [-0.1, -0.05) is 13.8 Å². The summed E-state index contributed by atoms with van der Waals surface area (Å²) in [5.41, 5.74) is 1.18. The van der Waals surface area contributed by atoms with Gasteiger partial charge in [0.05, 0.1) is 12.3 Å². The predicted octanol–water partition coefficient (Wildman–Crippen LogP) is 2.09. The first kappa shape index (κ1) is 8.79. The first-order chi connectivity index (χ1) is 5.65. The van der Waals surface area contributed by atoms with Crippen molar-refractivity contribution >= 4 is 0 Å². The molecule has 1 rings (SSSR count). The van der Waals surface area contributed by atoms with Gasteiger partial charge < -0.3 is 0 Å². The molecule has 0 fully saturated rings. The lowest BCUT2D eigenvalue weighted by Gasteiger charge is -2.01. The van der Waals surface area contributed by atoms with Crippen molar-refractivity contribution in [2.45, 2.75) is 32.7 Å².